The van der Waals surface area contributed by atoms with Crippen molar-refractivity contribution in [3.05, 3.63) is 34.5 Å². The Hall–Kier alpha value is -1.12. The molecule has 0 spiro atoms. The fraction of sp³-hybridized carbons (Fsp3) is 0.308. The predicted octanol–water partition coefficient (Wildman–Crippen LogP) is 3.02. The lowest BCUT2D eigenvalue weighted by molar-refractivity contribution is 0.0701. The molecular formula is C13H13FO4S3. The molecule has 1 aromatic carbocycles. The fourth-order valence-electron chi connectivity index (χ4n) is 1.86. The third-order valence-corrected chi connectivity index (χ3v) is 6.18. The van der Waals surface area contributed by atoms with E-state index >= 15 is 0 Å². The van der Waals surface area contributed by atoms with E-state index in [1.165, 1.54) is 17.8 Å². The average Bonchev–Trinajstić information content (AvgIpc) is 2.74. The molecule has 1 heterocycles. The van der Waals surface area contributed by atoms with Gasteiger partial charge in [0, 0.05) is 27.8 Å². The minimum absolute atomic E-state index is 0.0185. The standard InChI is InChI=1S/C13H13FO4S3/c1-21(17,18)6-5-19-7-8-11-9(14)3-2-4-10(11)20-12(8)13(15)16/h2-4H,5-7H2,1H3,(H,15,16). The van der Waals surface area contributed by atoms with Gasteiger partial charge in [-0.05, 0) is 17.7 Å². The van der Waals surface area contributed by atoms with Crippen LogP contribution in [0.15, 0.2) is 18.2 Å². The van der Waals surface area contributed by atoms with Crippen molar-refractivity contribution < 1.29 is 22.7 Å². The van der Waals surface area contributed by atoms with Gasteiger partial charge in [-0.15, -0.1) is 11.3 Å². The summed E-state index contributed by atoms with van der Waals surface area (Å²) >= 11 is 2.33. The quantitative estimate of drug-likeness (QED) is 0.813. The molecule has 2 rings (SSSR count). The van der Waals surface area contributed by atoms with Crippen molar-refractivity contribution in [2.45, 2.75) is 5.75 Å². The molecule has 0 atom stereocenters. The van der Waals surface area contributed by atoms with Crippen molar-refractivity contribution in [1.29, 1.82) is 0 Å². The molecule has 114 valence electrons. The highest BCUT2D eigenvalue weighted by Crippen LogP contribution is 2.35. The minimum atomic E-state index is -3.05. The zero-order valence-electron chi connectivity index (χ0n) is 11.1. The van der Waals surface area contributed by atoms with E-state index in [9.17, 15) is 22.7 Å². The van der Waals surface area contributed by atoms with Crippen LogP contribution in [0.2, 0.25) is 0 Å². The predicted molar refractivity (Wildman–Crippen MR) is 84.6 cm³/mol. The number of aromatic carboxylic acids is 1. The molecule has 0 aliphatic rings. The summed E-state index contributed by atoms with van der Waals surface area (Å²) in [6.07, 6.45) is 1.15. The second-order valence-corrected chi connectivity index (χ2v) is 8.93. The van der Waals surface area contributed by atoms with E-state index in [1.807, 2.05) is 0 Å². The summed E-state index contributed by atoms with van der Waals surface area (Å²) < 4.78 is 36.7. The summed E-state index contributed by atoms with van der Waals surface area (Å²) in [4.78, 5) is 11.4. The number of benzene rings is 1. The molecule has 0 radical (unpaired) electrons. The molecule has 21 heavy (non-hydrogen) atoms. The number of thiophene rings is 1. The van der Waals surface area contributed by atoms with Crippen LogP contribution in [0.5, 0.6) is 0 Å². The van der Waals surface area contributed by atoms with Gasteiger partial charge >= 0.3 is 5.97 Å². The molecule has 0 fully saturated rings. The maximum Gasteiger partial charge on any atom is 0.346 e. The van der Waals surface area contributed by atoms with E-state index in [0.29, 0.717) is 21.4 Å². The van der Waals surface area contributed by atoms with Crippen LogP contribution in [0.3, 0.4) is 0 Å². The van der Waals surface area contributed by atoms with Crippen LogP contribution in [-0.2, 0) is 15.6 Å². The summed E-state index contributed by atoms with van der Waals surface area (Å²) in [7, 11) is -3.05. The van der Waals surface area contributed by atoms with Crippen LogP contribution < -0.4 is 0 Å². The monoisotopic (exact) mass is 348 g/mol. The number of hydrogen-bond donors (Lipinski definition) is 1. The van der Waals surface area contributed by atoms with Crippen LogP contribution >= 0.6 is 23.1 Å². The van der Waals surface area contributed by atoms with E-state index in [2.05, 4.69) is 0 Å². The van der Waals surface area contributed by atoms with E-state index in [-0.39, 0.29) is 16.4 Å². The molecule has 0 saturated carbocycles. The maximum atomic E-state index is 13.9. The Morgan fingerprint density at radius 3 is 2.76 bits per heavy atom. The number of carboxylic acid groups (broad SMARTS) is 1. The van der Waals surface area contributed by atoms with Crippen molar-refractivity contribution in [2.75, 3.05) is 17.8 Å². The lowest BCUT2D eigenvalue weighted by Gasteiger charge is -2.03. The number of carbonyl (C=O) groups is 1. The smallest absolute Gasteiger partial charge is 0.346 e. The minimum Gasteiger partial charge on any atom is -0.477 e. The highest BCUT2D eigenvalue weighted by molar-refractivity contribution is 8.00. The first kappa shape index (κ1) is 16.3. The van der Waals surface area contributed by atoms with Crippen LogP contribution in [0, 0.1) is 5.82 Å². The first-order valence-electron chi connectivity index (χ1n) is 5.98. The average molecular weight is 348 g/mol. The zero-order valence-corrected chi connectivity index (χ0v) is 13.6. The van der Waals surface area contributed by atoms with E-state index in [4.69, 9.17) is 0 Å². The van der Waals surface area contributed by atoms with E-state index in [0.717, 1.165) is 17.6 Å². The molecular weight excluding hydrogens is 335 g/mol. The van der Waals surface area contributed by atoms with Gasteiger partial charge in [-0.1, -0.05) is 6.07 Å². The molecule has 4 nitrogen and oxygen atoms in total. The molecule has 1 N–H and O–H groups in total. The number of thioether (sulfide) groups is 1. The lowest BCUT2D eigenvalue weighted by atomic mass is 10.1. The molecule has 0 aliphatic carbocycles. The van der Waals surface area contributed by atoms with Gasteiger partial charge in [0.15, 0.2) is 0 Å². The topological polar surface area (TPSA) is 71.4 Å². The third-order valence-electron chi connectivity index (χ3n) is 2.80. The van der Waals surface area contributed by atoms with E-state index in [1.54, 1.807) is 12.1 Å². The van der Waals surface area contributed by atoms with Gasteiger partial charge < -0.3 is 5.11 Å². The summed E-state index contributed by atoms with van der Waals surface area (Å²) in [6.45, 7) is 0. The van der Waals surface area contributed by atoms with Crippen LogP contribution in [0.4, 0.5) is 4.39 Å². The number of hydrogen-bond acceptors (Lipinski definition) is 5. The summed E-state index contributed by atoms with van der Waals surface area (Å²) in [5.41, 5.74) is 0.430. The molecule has 0 bridgehead atoms. The van der Waals surface area contributed by atoms with Crippen LogP contribution in [0.1, 0.15) is 15.2 Å². The van der Waals surface area contributed by atoms with Crippen molar-refractivity contribution in [1.82, 2.24) is 0 Å². The SMILES string of the molecule is CS(=O)(=O)CCSCc1c(C(=O)O)sc2cccc(F)c12. The molecule has 0 amide bonds. The highest BCUT2D eigenvalue weighted by atomic mass is 32.2. The molecule has 8 heteroatoms. The summed E-state index contributed by atoms with van der Waals surface area (Å²) in [6, 6.07) is 4.52. The molecule has 0 unspecified atom stereocenters. The Labute approximate surface area is 129 Å². The van der Waals surface area contributed by atoms with Crippen LogP contribution in [0.25, 0.3) is 10.1 Å². The third kappa shape index (κ3) is 3.96. The number of rotatable bonds is 6. The Morgan fingerprint density at radius 2 is 2.14 bits per heavy atom. The van der Waals surface area contributed by atoms with Crippen molar-refractivity contribution in [3.8, 4) is 0 Å². The van der Waals surface area contributed by atoms with Gasteiger partial charge in [-0.2, -0.15) is 11.8 Å². The van der Waals surface area contributed by atoms with Gasteiger partial charge in [0.05, 0.1) is 5.75 Å². The van der Waals surface area contributed by atoms with Gasteiger partial charge in [0.2, 0.25) is 0 Å². The van der Waals surface area contributed by atoms with Gasteiger partial charge in [-0.3, -0.25) is 0 Å². The number of sulfone groups is 1. The van der Waals surface area contributed by atoms with Crippen molar-refractivity contribution in [2.24, 2.45) is 0 Å². The number of fused-ring (bicyclic) bond motifs is 1. The first-order chi connectivity index (χ1) is 9.79. The Bertz CT molecular complexity index is 780. The molecule has 0 aliphatic heterocycles. The zero-order chi connectivity index (χ0) is 15.6. The van der Waals surface area contributed by atoms with E-state index < -0.39 is 21.6 Å². The normalized spacial score (nSPS) is 11.9. The fourth-order valence-corrected chi connectivity index (χ4v) is 5.35. The Balaban J connectivity index is 2.28. The molecule has 2 aromatic rings. The van der Waals surface area contributed by atoms with Gasteiger partial charge in [0.25, 0.3) is 0 Å². The maximum absolute atomic E-state index is 13.9. The number of carboxylic acids is 1. The highest BCUT2D eigenvalue weighted by Gasteiger charge is 2.20. The van der Waals surface area contributed by atoms with Crippen LogP contribution in [-0.4, -0.2) is 37.3 Å². The number of halogens is 1. The summed E-state index contributed by atoms with van der Waals surface area (Å²) in [5, 5.41) is 9.55. The first-order valence-corrected chi connectivity index (χ1v) is 10.0. The Morgan fingerprint density at radius 1 is 1.43 bits per heavy atom. The molecule has 0 saturated heterocycles. The molecule has 1 aromatic heterocycles. The lowest BCUT2D eigenvalue weighted by Crippen LogP contribution is -2.05. The van der Waals surface area contributed by atoms with Gasteiger partial charge in [-0.25, -0.2) is 17.6 Å². The summed E-state index contributed by atoms with van der Waals surface area (Å²) in [5.74, 6) is -0.892. The largest absolute Gasteiger partial charge is 0.477 e. The van der Waals surface area contributed by atoms with Crippen molar-refractivity contribution >= 4 is 49.0 Å². The van der Waals surface area contributed by atoms with Crippen molar-refractivity contribution in [3.63, 3.8) is 0 Å². The van der Waals surface area contributed by atoms with Gasteiger partial charge in [0.1, 0.15) is 20.5 Å². The second-order valence-electron chi connectivity index (χ2n) is 4.51. The Kier molecular flexibility index (Phi) is 4.90. The second kappa shape index (κ2) is 6.33.